The molecule has 0 aliphatic heterocycles. The van der Waals surface area contributed by atoms with Crippen molar-refractivity contribution in [2.24, 2.45) is 5.73 Å². The van der Waals surface area contributed by atoms with Crippen LogP contribution >= 0.6 is 0 Å². The van der Waals surface area contributed by atoms with Gasteiger partial charge >= 0.3 is 5.97 Å². The van der Waals surface area contributed by atoms with Gasteiger partial charge in [0.1, 0.15) is 6.54 Å². The molecule has 5 heteroatoms. The van der Waals surface area contributed by atoms with Crippen LogP contribution in [-0.2, 0) is 9.59 Å². The SMILES string of the molecule is CCN(CC(=O)O)C(=O)C(C)(N)CC. The molecule has 0 rings (SSSR count). The van der Waals surface area contributed by atoms with Crippen LogP contribution in [0.25, 0.3) is 0 Å². The van der Waals surface area contributed by atoms with Gasteiger partial charge in [0.25, 0.3) is 0 Å². The fraction of sp³-hybridized carbons (Fsp3) is 0.778. The summed E-state index contributed by atoms with van der Waals surface area (Å²) in [4.78, 5) is 23.4. The van der Waals surface area contributed by atoms with E-state index in [1.165, 1.54) is 4.90 Å². The highest BCUT2D eigenvalue weighted by atomic mass is 16.4. The fourth-order valence-electron chi connectivity index (χ4n) is 1.00. The van der Waals surface area contributed by atoms with Gasteiger partial charge in [-0.3, -0.25) is 9.59 Å². The Morgan fingerprint density at radius 1 is 1.43 bits per heavy atom. The van der Waals surface area contributed by atoms with Gasteiger partial charge in [0.15, 0.2) is 0 Å². The van der Waals surface area contributed by atoms with Crippen LogP contribution < -0.4 is 5.73 Å². The minimum absolute atomic E-state index is 0.290. The molecule has 1 atom stereocenters. The lowest BCUT2D eigenvalue weighted by atomic mass is 9.98. The number of hydrogen-bond donors (Lipinski definition) is 2. The number of carboxylic acids is 1. The summed E-state index contributed by atoms with van der Waals surface area (Å²) in [5, 5.41) is 8.57. The highest BCUT2D eigenvalue weighted by Crippen LogP contribution is 2.09. The molecular weight excluding hydrogens is 184 g/mol. The molecule has 82 valence electrons. The summed E-state index contributed by atoms with van der Waals surface area (Å²) in [5.41, 5.74) is 4.76. The fourth-order valence-corrected chi connectivity index (χ4v) is 1.00. The van der Waals surface area contributed by atoms with Gasteiger partial charge in [0.05, 0.1) is 5.54 Å². The van der Waals surface area contributed by atoms with Crippen LogP contribution in [0, 0.1) is 0 Å². The number of nitrogens with two attached hydrogens (primary N) is 1. The van der Waals surface area contributed by atoms with Crippen LogP contribution in [0.5, 0.6) is 0 Å². The number of hydrogen-bond acceptors (Lipinski definition) is 3. The standard InChI is InChI=1S/C9H18N2O3/c1-4-9(3,10)8(14)11(5-2)6-7(12)13/h4-6,10H2,1-3H3,(H,12,13). The molecule has 0 radical (unpaired) electrons. The van der Waals surface area contributed by atoms with E-state index in [2.05, 4.69) is 0 Å². The van der Waals surface area contributed by atoms with Gasteiger partial charge in [-0.25, -0.2) is 0 Å². The zero-order valence-electron chi connectivity index (χ0n) is 8.91. The molecule has 0 heterocycles. The quantitative estimate of drug-likeness (QED) is 0.659. The third-order valence-corrected chi connectivity index (χ3v) is 2.22. The molecule has 0 fully saturated rings. The van der Waals surface area contributed by atoms with Crippen molar-refractivity contribution in [1.29, 1.82) is 0 Å². The van der Waals surface area contributed by atoms with Gasteiger partial charge in [-0.2, -0.15) is 0 Å². The monoisotopic (exact) mass is 202 g/mol. The maximum Gasteiger partial charge on any atom is 0.323 e. The van der Waals surface area contributed by atoms with Gasteiger partial charge in [-0.1, -0.05) is 6.92 Å². The molecule has 0 spiro atoms. The first-order chi connectivity index (χ1) is 6.35. The lowest BCUT2D eigenvalue weighted by Gasteiger charge is -2.29. The van der Waals surface area contributed by atoms with Crippen molar-refractivity contribution in [3.8, 4) is 0 Å². The van der Waals surface area contributed by atoms with Gasteiger partial charge in [-0.15, -0.1) is 0 Å². The number of amides is 1. The predicted octanol–water partition coefficient (Wildman–Crippen LogP) is 0.0469. The smallest absolute Gasteiger partial charge is 0.323 e. The van der Waals surface area contributed by atoms with E-state index in [4.69, 9.17) is 10.8 Å². The predicted molar refractivity (Wildman–Crippen MR) is 52.8 cm³/mol. The van der Waals surface area contributed by atoms with Crippen molar-refractivity contribution in [2.75, 3.05) is 13.1 Å². The molecule has 3 N–H and O–H groups in total. The first-order valence-electron chi connectivity index (χ1n) is 4.65. The molecule has 14 heavy (non-hydrogen) atoms. The Labute approximate surface area is 83.9 Å². The summed E-state index contributed by atoms with van der Waals surface area (Å²) in [6, 6.07) is 0. The van der Waals surface area contributed by atoms with Crippen LogP contribution in [0.1, 0.15) is 27.2 Å². The lowest BCUT2D eigenvalue weighted by Crippen LogP contribution is -2.53. The second-order valence-corrected chi connectivity index (χ2v) is 3.48. The summed E-state index contributed by atoms with van der Waals surface area (Å²) >= 11 is 0. The van der Waals surface area contributed by atoms with E-state index >= 15 is 0 Å². The Morgan fingerprint density at radius 2 is 1.93 bits per heavy atom. The van der Waals surface area contributed by atoms with E-state index in [9.17, 15) is 9.59 Å². The van der Waals surface area contributed by atoms with Crippen molar-refractivity contribution in [1.82, 2.24) is 4.90 Å². The number of carbonyl (C=O) groups excluding carboxylic acids is 1. The number of likely N-dealkylation sites (N-methyl/N-ethyl adjacent to an activating group) is 1. The molecule has 1 unspecified atom stereocenters. The first-order valence-corrected chi connectivity index (χ1v) is 4.65. The van der Waals surface area contributed by atoms with Crippen LogP contribution in [0.2, 0.25) is 0 Å². The first kappa shape index (κ1) is 12.9. The zero-order chi connectivity index (χ0) is 11.4. The summed E-state index contributed by atoms with van der Waals surface area (Å²) in [6.45, 7) is 5.21. The molecule has 0 aliphatic carbocycles. The van der Waals surface area contributed by atoms with Gasteiger partial charge in [-0.05, 0) is 20.3 Å². The summed E-state index contributed by atoms with van der Waals surface area (Å²) in [6.07, 6.45) is 0.488. The lowest BCUT2D eigenvalue weighted by molar-refractivity contribution is -0.146. The van der Waals surface area contributed by atoms with E-state index in [1.807, 2.05) is 0 Å². The molecule has 0 aliphatic rings. The summed E-state index contributed by atoms with van der Waals surface area (Å²) < 4.78 is 0. The van der Waals surface area contributed by atoms with Gasteiger partial charge in [0.2, 0.25) is 5.91 Å². The minimum atomic E-state index is -1.02. The summed E-state index contributed by atoms with van der Waals surface area (Å²) in [5.74, 6) is -1.34. The van der Waals surface area contributed by atoms with Gasteiger partial charge in [0, 0.05) is 6.54 Å². The molecule has 0 aromatic carbocycles. The largest absolute Gasteiger partial charge is 0.480 e. The second kappa shape index (κ2) is 4.95. The number of nitrogens with zero attached hydrogens (tertiary/aromatic N) is 1. The minimum Gasteiger partial charge on any atom is -0.480 e. The van der Waals surface area contributed by atoms with Crippen LogP contribution in [0.15, 0.2) is 0 Å². The summed E-state index contributed by atoms with van der Waals surface area (Å²) in [7, 11) is 0. The highest BCUT2D eigenvalue weighted by molar-refractivity contribution is 5.88. The van der Waals surface area contributed by atoms with E-state index in [1.54, 1.807) is 20.8 Å². The number of aliphatic carboxylic acids is 1. The molecule has 0 aromatic rings. The molecule has 0 bridgehead atoms. The zero-order valence-corrected chi connectivity index (χ0v) is 8.91. The Morgan fingerprint density at radius 3 is 2.21 bits per heavy atom. The van der Waals surface area contributed by atoms with Gasteiger partial charge < -0.3 is 15.7 Å². The molecule has 5 nitrogen and oxygen atoms in total. The molecule has 0 saturated heterocycles. The van der Waals surface area contributed by atoms with E-state index in [0.29, 0.717) is 13.0 Å². The Balaban J connectivity index is 4.54. The average Bonchev–Trinajstić information content (AvgIpc) is 2.12. The molecule has 0 aromatic heterocycles. The van der Waals surface area contributed by atoms with Crippen molar-refractivity contribution in [2.45, 2.75) is 32.7 Å². The normalized spacial score (nSPS) is 14.6. The van der Waals surface area contributed by atoms with E-state index < -0.39 is 11.5 Å². The Kier molecular flexibility index (Phi) is 4.56. The molecule has 1 amide bonds. The number of rotatable bonds is 5. The number of carboxylic acid groups (broad SMARTS) is 1. The van der Waals surface area contributed by atoms with E-state index in [-0.39, 0.29) is 12.5 Å². The average molecular weight is 202 g/mol. The molecule has 0 saturated carbocycles. The third kappa shape index (κ3) is 3.33. The van der Waals surface area contributed by atoms with E-state index in [0.717, 1.165) is 0 Å². The maximum absolute atomic E-state index is 11.7. The Bertz CT molecular complexity index is 226. The maximum atomic E-state index is 11.7. The van der Waals surface area contributed by atoms with Crippen molar-refractivity contribution in [3.05, 3.63) is 0 Å². The van der Waals surface area contributed by atoms with Crippen molar-refractivity contribution < 1.29 is 14.7 Å². The Hall–Kier alpha value is -1.10. The topological polar surface area (TPSA) is 83.6 Å². The van der Waals surface area contributed by atoms with Crippen molar-refractivity contribution in [3.63, 3.8) is 0 Å². The van der Waals surface area contributed by atoms with Crippen molar-refractivity contribution >= 4 is 11.9 Å². The van der Waals surface area contributed by atoms with Crippen LogP contribution in [0.4, 0.5) is 0 Å². The van der Waals surface area contributed by atoms with Crippen LogP contribution in [-0.4, -0.2) is 40.5 Å². The highest BCUT2D eigenvalue weighted by Gasteiger charge is 2.30. The third-order valence-electron chi connectivity index (χ3n) is 2.22. The second-order valence-electron chi connectivity index (χ2n) is 3.48. The van der Waals surface area contributed by atoms with Crippen LogP contribution in [0.3, 0.4) is 0 Å². The number of carbonyl (C=O) groups is 2. The molecular formula is C9H18N2O3.